The van der Waals surface area contributed by atoms with Gasteiger partial charge in [-0.3, -0.25) is 0 Å². The molecule has 1 heteroatoms. The Balaban J connectivity index is 3.00. The molecule has 1 rings (SSSR count). The first-order valence-electron chi connectivity index (χ1n) is 5.05. The van der Waals surface area contributed by atoms with Gasteiger partial charge in [0.1, 0.15) is 5.75 Å². The fourth-order valence-corrected chi connectivity index (χ4v) is 1.38. The van der Waals surface area contributed by atoms with Crippen molar-refractivity contribution in [2.24, 2.45) is 0 Å². The summed E-state index contributed by atoms with van der Waals surface area (Å²) in [5.74, 6) is 0.986. The van der Waals surface area contributed by atoms with Crippen LogP contribution >= 0.6 is 0 Å². The number of aryl methyl sites for hydroxylation is 1. The summed E-state index contributed by atoms with van der Waals surface area (Å²) in [7, 11) is 0. The molecule has 1 nitrogen and oxygen atoms in total. The lowest BCUT2D eigenvalue weighted by atomic mass is 10.0. The third-order valence-electron chi connectivity index (χ3n) is 2.36. The normalized spacial score (nSPS) is 11.6. The second kappa shape index (κ2) is 4.85. The minimum Gasteiger partial charge on any atom is -0.494 e. The van der Waals surface area contributed by atoms with Gasteiger partial charge in [0.05, 0.1) is 6.61 Å². The van der Waals surface area contributed by atoms with Gasteiger partial charge < -0.3 is 4.74 Å². The van der Waals surface area contributed by atoms with Crippen LogP contribution in [-0.4, -0.2) is 6.61 Å². The smallest absolute Gasteiger partial charge is 0.122 e. The van der Waals surface area contributed by atoms with Crippen LogP contribution in [0.2, 0.25) is 0 Å². The predicted octanol–water partition coefficient (Wildman–Crippen LogP) is 3.82. The zero-order valence-corrected chi connectivity index (χ0v) is 9.42. The highest BCUT2D eigenvalue weighted by Gasteiger charge is 2.00. The highest BCUT2D eigenvalue weighted by molar-refractivity contribution is 5.64. The molecule has 14 heavy (non-hydrogen) atoms. The fourth-order valence-electron chi connectivity index (χ4n) is 1.38. The molecule has 1 aromatic carbocycles. The molecule has 0 radical (unpaired) electrons. The maximum atomic E-state index is 5.49. The van der Waals surface area contributed by atoms with Gasteiger partial charge in [-0.25, -0.2) is 0 Å². The molecular weight excluding hydrogens is 172 g/mol. The number of hydrogen-bond donors (Lipinski definition) is 0. The fraction of sp³-hybridized carbons (Fsp3) is 0.385. The molecule has 0 saturated carbocycles. The van der Waals surface area contributed by atoms with Crippen LogP contribution in [0.5, 0.6) is 5.75 Å². The highest BCUT2D eigenvalue weighted by Crippen LogP contribution is 2.23. The lowest BCUT2D eigenvalue weighted by Crippen LogP contribution is -1.94. The Labute approximate surface area is 86.4 Å². The van der Waals surface area contributed by atoms with Crippen LogP contribution in [0.3, 0.4) is 0 Å². The van der Waals surface area contributed by atoms with Crippen molar-refractivity contribution in [2.75, 3.05) is 6.61 Å². The van der Waals surface area contributed by atoms with Gasteiger partial charge in [-0.05, 0) is 56.5 Å². The molecule has 0 heterocycles. The van der Waals surface area contributed by atoms with Crippen molar-refractivity contribution in [3.63, 3.8) is 0 Å². The van der Waals surface area contributed by atoms with Crippen molar-refractivity contribution in [1.29, 1.82) is 0 Å². The van der Waals surface area contributed by atoms with Crippen LogP contribution in [0.1, 0.15) is 31.9 Å². The van der Waals surface area contributed by atoms with Crippen molar-refractivity contribution in [1.82, 2.24) is 0 Å². The Bertz CT molecular complexity index is 337. The Hall–Kier alpha value is -1.24. The second-order valence-corrected chi connectivity index (χ2v) is 3.38. The van der Waals surface area contributed by atoms with Crippen molar-refractivity contribution >= 4 is 5.57 Å². The first-order chi connectivity index (χ1) is 6.69. The average molecular weight is 190 g/mol. The molecule has 0 spiro atoms. The van der Waals surface area contributed by atoms with Gasteiger partial charge in [-0.15, -0.1) is 0 Å². The van der Waals surface area contributed by atoms with Crippen LogP contribution in [0, 0.1) is 6.92 Å². The zero-order chi connectivity index (χ0) is 10.6. The van der Waals surface area contributed by atoms with Gasteiger partial charge in [-0.1, -0.05) is 12.1 Å². The molecule has 0 aliphatic heterocycles. The van der Waals surface area contributed by atoms with Gasteiger partial charge >= 0.3 is 0 Å². The number of hydrogen-bond acceptors (Lipinski definition) is 1. The summed E-state index contributed by atoms with van der Waals surface area (Å²) in [5, 5.41) is 0. The molecule has 0 aromatic heterocycles. The van der Waals surface area contributed by atoms with Crippen LogP contribution in [0.25, 0.3) is 5.57 Å². The molecule has 0 N–H and O–H groups in total. The van der Waals surface area contributed by atoms with E-state index in [1.807, 2.05) is 13.0 Å². The van der Waals surface area contributed by atoms with Gasteiger partial charge in [0.25, 0.3) is 0 Å². The van der Waals surface area contributed by atoms with E-state index >= 15 is 0 Å². The number of rotatable bonds is 3. The third-order valence-corrected chi connectivity index (χ3v) is 2.36. The van der Waals surface area contributed by atoms with E-state index in [2.05, 4.69) is 39.0 Å². The van der Waals surface area contributed by atoms with Crippen molar-refractivity contribution in [3.8, 4) is 5.75 Å². The van der Waals surface area contributed by atoms with E-state index in [1.165, 1.54) is 16.7 Å². The van der Waals surface area contributed by atoms with E-state index in [9.17, 15) is 0 Å². The van der Waals surface area contributed by atoms with Crippen LogP contribution in [-0.2, 0) is 0 Å². The van der Waals surface area contributed by atoms with Gasteiger partial charge in [0.15, 0.2) is 0 Å². The molecule has 0 fully saturated rings. The minimum absolute atomic E-state index is 0.725. The summed E-state index contributed by atoms with van der Waals surface area (Å²) in [5.41, 5.74) is 3.77. The second-order valence-electron chi connectivity index (χ2n) is 3.38. The van der Waals surface area contributed by atoms with E-state index in [0.717, 1.165) is 12.4 Å². The molecule has 1 aromatic rings. The molecule has 0 unspecified atom stereocenters. The monoisotopic (exact) mass is 190 g/mol. The van der Waals surface area contributed by atoms with Crippen molar-refractivity contribution < 1.29 is 4.74 Å². The van der Waals surface area contributed by atoms with E-state index < -0.39 is 0 Å². The summed E-state index contributed by atoms with van der Waals surface area (Å²) in [6.07, 6.45) is 2.12. The number of allylic oxidation sites excluding steroid dienone is 2. The standard InChI is InChI=1S/C13H18O/c1-5-10(3)12-7-8-13(14-6-2)11(4)9-12/h5,7-9H,6H2,1-4H3/b10-5+. The molecule has 76 valence electrons. The molecular formula is C13H18O. The summed E-state index contributed by atoms with van der Waals surface area (Å²) in [4.78, 5) is 0. The first-order valence-corrected chi connectivity index (χ1v) is 5.05. The Morgan fingerprint density at radius 3 is 2.64 bits per heavy atom. The zero-order valence-electron chi connectivity index (χ0n) is 9.42. The first kappa shape index (κ1) is 10.8. The lowest BCUT2D eigenvalue weighted by Gasteiger charge is -2.09. The predicted molar refractivity (Wildman–Crippen MR) is 61.7 cm³/mol. The summed E-state index contributed by atoms with van der Waals surface area (Å²) < 4.78 is 5.49. The molecule has 0 atom stereocenters. The summed E-state index contributed by atoms with van der Waals surface area (Å²) in [6, 6.07) is 6.31. The largest absolute Gasteiger partial charge is 0.494 e. The highest BCUT2D eigenvalue weighted by atomic mass is 16.5. The minimum atomic E-state index is 0.725. The lowest BCUT2D eigenvalue weighted by molar-refractivity contribution is 0.338. The Kier molecular flexibility index (Phi) is 3.75. The van der Waals surface area contributed by atoms with Crippen LogP contribution in [0.4, 0.5) is 0 Å². The van der Waals surface area contributed by atoms with Gasteiger partial charge in [-0.2, -0.15) is 0 Å². The van der Waals surface area contributed by atoms with Crippen molar-refractivity contribution in [2.45, 2.75) is 27.7 Å². The number of ether oxygens (including phenoxy) is 1. The molecule has 0 saturated heterocycles. The van der Waals surface area contributed by atoms with E-state index in [1.54, 1.807) is 0 Å². The molecule has 0 bridgehead atoms. The van der Waals surface area contributed by atoms with Crippen molar-refractivity contribution in [3.05, 3.63) is 35.4 Å². The molecule has 0 aliphatic rings. The van der Waals surface area contributed by atoms with E-state index in [0.29, 0.717) is 0 Å². The van der Waals surface area contributed by atoms with Crippen LogP contribution in [0.15, 0.2) is 24.3 Å². The van der Waals surface area contributed by atoms with E-state index in [-0.39, 0.29) is 0 Å². The summed E-state index contributed by atoms with van der Waals surface area (Å²) >= 11 is 0. The SMILES string of the molecule is C/C=C(\C)c1ccc(OCC)c(C)c1. The average Bonchev–Trinajstić information content (AvgIpc) is 2.20. The third kappa shape index (κ3) is 2.38. The van der Waals surface area contributed by atoms with Gasteiger partial charge in [0, 0.05) is 0 Å². The Morgan fingerprint density at radius 1 is 1.43 bits per heavy atom. The molecule has 0 amide bonds. The van der Waals surface area contributed by atoms with Gasteiger partial charge in [0.2, 0.25) is 0 Å². The summed E-state index contributed by atoms with van der Waals surface area (Å²) in [6.45, 7) is 8.99. The van der Waals surface area contributed by atoms with E-state index in [4.69, 9.17) is 4.74 Å². The maximum Gasteiger partial charge on any atom is 0.122 e. The quantitative estimate of drug-likeness (QED) is 0.704. The van der Waals surface area contributed by atoms with Crippen LogP contribution < -0.4 is 4.74 Å². The number of benzene rings is 1. The maximum absolute atomic E-state index is 5.49. The topological polar surface area (TPSA) is 9.23 Å². The molecule has 0 aliphatic carbocycles. The Morgan fingerprint density at radius 2 is 2.14 bits per heavy atom.